The number of rotatable bonds is 2. The Morgan fingerprint density at radius 1 is 1.36 bits per heavy atom. The molecule has 76 valence electrons. The number of hydrogen-bond acceptors (Lipinski definition) is 1. The van der Waals surface area contributed by atoms with Gasteiger partial charge in [-0.2, -0.15) is 0 Å². The molecule has 0 aliphatic heterocycles. The molecular weight excluding hydrogens is 172 g/mol. The number of aromatic hydroxyl groups is 1. The lowest BCUT2D eigenvalue weighted by molar-refractivity contribution is 0.470. The Balaban J connectivity index is 3.22. The lowest BCUT2D eigenvalue weighted by Crippen LogP contribution is -2.13. The van der Waals surface area contributed by atoms with Crippen molar-refractivity contribution in [2.24, 2.45) is 0 Å². The Labute approximate surface area is 86.1 Å². The van der Waals surface area contributed by atoms with E-state index in [4.69, 9.17) is 0 Å². The summed E-state index contributed by atoms with van der Waals surface area (Å²) in [6.45, 7) is 10.2. The second-order valence-corrected chi connectivity index (χ2v) is 4.58. The fourth-order valence-corrected chi connectivity index (χ4v) is 1.60. The number of hydrogen-bond donors (Lipinski definition) is 1. The van der Waals surface area contributed by atoms with Crippen molar-refractivity contribution in [2.75, 3.05) is 0 Å². The first-order chi connectivity index (χ1) is 6.45. The molecule has 0 radical (unpaired) electrons. The number of phenolic OH excluding ortho intramolecular Hbond substituents is 1. The SMILES string of the molecule is C=CCc1ccc(O)cc1C(C)(C)C. The summed E-state index contributed by atoms with van der Waals surface area (Å²) in [6, 6.07) is 5.55. The van der Waals surface area contributed by atoms with E-state index in [1.807, 2.05) is 18.2 Å². The monoisotopic (exact) mass is 190 g/mol. The van der Waals surface area contributed by atoms with Gasteiger partial charge in [0.2, 0.25) is 0 Å². The summed E-state index contributed by atoms with van der Waals surface area (Å²) < 4.78 is 0. The van der Waals surface area contributed by atoms with Gasteiger partial charge in [-0.15, -0.1) is 6.58 Å². The molecule has 14 heavy (non-hydrogen) atoms. The average molecular weight is 190 g/mol. The lowest BCUT2D eigenvalue weighted by Gasteiger charge is -2.22. The highest BCUT2D eigenvalue weighted by molar-refractivity contribution is 5.39. The Morgan fingerprint density at radius 2 is 2.00 bits per heavy atom. The molecule has 0 fully saturated rings. The van der Waals surface area contributed by atoms with Crippen LogP contribution in [-0.4, -0.2) is 5.11 Å². The number of phenols is 1. The van der Waals surface area contributed by atoms with Crippen LogP contribution in [0.4, 0.5) is 0 Å². The van der Waals surface area contributed by atoms with Crippen LogP contribution in [0.2, 0.25) is 0 Å². The minimum Gasteiger partial charge on any atom is -0.508 e. The molecule has 1 rings (SSSR count). The molecule has 0 aliphatic rings. The van der Waals surface area contributed by atoms with Crippen LogP contribution in [0, 0.1) is 0 Å². The third-order valence-electron chi connectivity index (χ3n) is 2.27. The molecule has 0 aromatic heterocycles. The topological polar surface area (TPSA) is 20.2 Å². The number of benzene rings is 1. The quantitative estimate of drug-likeness (QED) is 0.708. The van der Waals surface area contributed by atoms with Crippen molar-refractivity contribution in [3.63, 3.8) is 0 Å². The highest BCUT2D eigenvalue weighted by atomic mass is 16.3. The van der Waals surface area contributed by atoms with Crippen molar-refractivity contribution in [2.45, 2.75) is 32.6 Å². The van der Waals surface area contributed by atoms with E-state index in [0.29, 0.717) is 5.75 Å². The van der Waals surface area contributed by atoms with Crippen LogP contribution in [0.1, 0.15) is 31.9 Å². The molecule has 1 heteroatoms. The Bertz CT molecular complexity index is 332. The maximum Gasteiger partial charge on any atom is 0.115 e. The molecule has 0 spiro atoms. The van der Waals surface area contributed by atoms with Gasteiger partial charge in [-0.05, 0) is 35.1 Å². The maximum absolute atomic E-state index is 9.44. The molecule has 0 saturated heterocycles. The van der Waals surface area contributed by atoms with Crippen molar-refractivity contribution in [3.8, 4) is 5.75 Å². The highest BCUT2D eigenvalue weighted by Gasteiger charge is 2.17. The fraction of sp³-hybridized carbons (Fsp3) is 0.385. The highest BCUT2D eigenvalue weighted by Crippen LogP contribution is 2.29. The zero-order chi connectivity index (χ0) is 10.8. The van der Waals surface area contributed by atoms with Crippen molar-refractivity contribution in [1.82, 2.24) is 0 Å². The molecule has 1 aromatic carbocycles. The summed E-state index contributed by atoms with van der Waals surface area (Å²) in [4.78, 5) is 0. The van der Waals surface area contributed by atoms with Gasteiger partial charge in [-0.25, -0.2) is 0 Å². The third kappa shape index (κ3) is 2.38. The van der Waals surface area contributed by atoms with Crippen LogP contribution >= 0.6 is 0 Å². The van der Waals surface area contributed by atoms with E-state index in [9.17, 15) is 5.11 Å². The van der Waals surface area contributed by atoms with Crippen LogP contribution < -0.4 is 0 Å². The normalized spacial score (nSPS) is 11.4. The van der Waals surface area contributed by atoms with Gasteiger partial charge in [0, 0.05) is 0 Å². The van der Waals surface area contributed by atoms with Gasteiger partial charge in [0.05, 0.1) is 0 Å². The van der Waals surface area contributed by atoms with Crippen LogP contribution in [0.25, 0.3) is 0 Å². The molecule has 0 bridgehead atoms. The maximum atomic E-state index is 9.44. The summed E-state index contributed by atoms with van der Waals surface area (Å²) in [5, 5.41) is 9.44. The molecule has 0 heterocycles. The Kier molecular flexibility index (Phi) is 3.00. The summed E-state index contributed by atoms with van der Waals surface area (Å²) in [5.74, 6) is 0.336. The smallest absolute Gasteiger partial charge is 0.115 e. The minimum absolute atomic E-state index is 0.0666. The Morgan fingerprint density at radius 3 is 2.50 bits per heavy atom. The third-order valence-corrected chi connectivity index (χ3v) is 2.27. The van der Waals surface area contributed by atoms with Crippen LogP contribution in [0.3, 0.4) is 0 Å². The van der Waals surface area contributed by atoms with Gasteiger partial charge < -0.3 is 5.11 Å². The van der Waals surface area contributed by atoms with E-state index in [2.05, 4.69) is 27.4 Å². The predicted molar refractivity (Wildman–Crippen MR) is 60.7 cm³/mol. The fourth-order valence-electron chi connectivity index (χ4n) is 1.60. The van der Waals surface area contributed by atoms with E-state index in [1.54, 1.807) is 6.07 Å². The number of allylic oxidation sites excluding steroid dienone is 1. The molecule has 1 nitrogen and oxygen atoms in total. The van der Waals surface area contributed by atoms with Crippen LogP contribution in [0.15, 0.2) is 30.9 Å². The average Bonchev–Trinajstić information content (AvgIpc) is 2.07. The largest absolute Gasteiger partial charge is 0.508 e. The molecule has 1 N–H and O–H groups in total. The van der Waals surface area contributed by atoms with E-state index in [-0.39, 0.29) is 5.41 Å². The summed E-state index contributed by atoms with van der Waals surface area (Å²) >= 11 is 0. The second-order valence-electron chi connectivity index (χ2n) is 4.58. The van der Waals surface area contributed by atoms with Gasteiger partial charge in [0.1, 0.15) is 5.75 Å². The van der Waals surface area contributed by atoms with Crippen molar-refractivity contribution in [3.05, 3.63) is 42.0 Å². The van der Waals surface area contributed by atoms with E-state index in [0.717, 1.165) is 6.42 Å². The first-order valence-corrected chi connectivity index (χ1v) is 4.88. The second kappa shape index (κ2) is 3.87. The first kappa shape index (κ1) is 10.8. The van der Waals surface area contributed by atoms with Crippen molar-refractivity contribution >= 4 is 0 Å². The molecule has 0 amide bonds. The van der Waals surface area contributed by atoms with E-state index >= 15 is 0 Å². The van der Waals surface area contributed by atoms with Crippen molar-refractivity contribution in [1.29, 1.82) is 0 Å². The lowest BCUT2D eigenvalue weighted by atomic mass is 9.83. The van der Waals surface area contributed by atoms with Gasteiger partial charge in [-0.3, -0.25) is 0 Å². The van der Waals surface area contributed by atoms with Crippen LogP contribution in [0.5, 0.6) is 5.75 Å². The van der Waals surface area contributed by atoms with Gasteiger partial charge in [0.25, 0.3) is 0 Å². The standard InChI is InChI=1S/C13H18O/c1-5-6-10-7-8-11(14)9-12(10)13(2,3)4/h5,7-9,14H,1,6H2,2-4H3. The van der Waals surface area contributed by atoms with Gasteiger partial charge in [-0.1, -0.05) is 32.9 Å². The minimum atomic E-state index is 0.0666. The first-order valence-electron chi connectivity index (χ1n) is 4.88. The predicted octanol–water partition coefficient (Wildman–Crippen LogP) is 3.42. The molecule has 0 aliphatic carbocycles. The molecule has 0 atom stereocenters. The summed E-state index contributed by atoms with van der Waals surface area (Å²) in [6.07, 6.45) is 2.74. The van der Waals surface area contributed by atoms with Gasteiger partial charge in [0.15, 0.2) is 0 Å². The zero-order valence-corrected chi connectivity index (χ0v) is 9.17. The summed E-state index contributed by atoms with van der Waals surface area (Å²) in [5.41, 5.74) is 2.50. The molecule has 1 aromatic rings. The van der Waals surface area contributed by atoms with E-state index in [1.165, 1.54) is 11.1 Å². The molecule has 0 saturated carbocycles. The molecule has 0 unspecified atom stereocenters. The van der Waals surface area contributed by atoms with E-state index < -0.39 is 0 Å². The van der Waals surface area contributed by atoms with Gasteiger partial charge >= 0.3 is 0 Å². The Hall–Kier alpha value is -1.24. The van der Waals surface area contributed by atoms with Crippen LogP contribution in [-0.2, 0) is 11.8 Å². The zero-order valence-electron chi connectivity index (χ0n) is 9.17. The molecular formula is C13H18O. The van der Waals surface area contributed by atoms with Crippen molar-refractivity contribution < 1.29 is 5.11 Å². The summed E-state index contributed by atoms with van der Waals surface area (Å²) in [7, 11) is 0.